The van der Waals surface area contributed by atoms with Crippen LogP contribution in [0.2, 0.25) is 0 Å². The van der Waals surface area contributed by atoms with Crippen molar-refractivity contribution in [2.45, 2.75) is 32.5 Å². The third kappa shape index (κ3) is 5.21. The number of carbonyl (C=O) groups excluding carboxylic acids is 2. The molecule has 0 bridgehead atoms. The summed E-state index contributed by atoms with van der Waals surface area (Å²) in [6.45, 7) is 5.60. The number of rotatable bonds is 7. The summed E-state index contributed by atoms with van der Waals surface area (Å²) in [6.07, 6.45) is 1.26. The van der Waals surface area contributed by atoms with Crippen LogP contribution in [-0.4, -0.2) is 34.3 Å². The molecular formula is C21H21N3O6S. The van der Waals surface area contributed by atoms with Crippen LogP contribution in [0.5, 0.6) is 0 Å². The van der Waals surface area contributed by atoms with Gasteiger partial charge in [0.2, 0.25) is 0 Å². The van der Waals surface area contributed by atoms with E-state index < -0.39 is 17.6 Å². The Labute approximate surface area is 182 Å². The van der Waals surface area contributed by atoms with Crippen molar-refractivity contribution in [3.63, 3.8) is 0 Å². The highest BCUT2D eigenvalue weighted by atomic mass is 32.2. The highest BCUT2D eigenvalue weighted by Crippen LogP contribution is 2.24. The minimum atomic E-state index is -0.610. The monoisotopic (exact) mass is 443 g/mol. The maximum absolute atomic E-state index is 12.2. The molecule has 162 valence electrons. The number of ether oxygens (including phenoxy) is 2. The van der Waals surface area contributed by atoms with Gasteiger partial charge in [-0.1, -0.05) is 23.9 Å². The summed E-state index contributed by atoms with van der Waals surface area (Å²) in [5, 5.41) is 0.938. The summed E-state index contributed by atoms with van der Waals surface area (Å²) in [7, 11) is 0. The van der Waals surface area contributed by atoms with Crippen molar-refractivity contribution in [3.05, 3.63) is 57.1 Å². The van der Waals surface area contributed by atoms with Gasteiger partial charge in [0, 0.05) is 23.2 Å². The second kappa shape index (κ2) is 9.61. The standard InChI is InChI=1S/C21H21N3O6S/c1-4-28-20(27)15-8-23-21(24-19(15)22)31-10-17(26)29-9-13-7-16(25)30-18-12(3)11(2)5-6-14(13)18/h5-8H,4,9-10H2,1-3H3,(H2,22,23,24). The second-order valence-electron chi connectivity index (χ2n) is 6.60. The van der Waals surface area contributed by atoms with Crippen LogP contribution in [0.1, 0.15) is 34.0 Å². The summed E-state index contributed by atoms with van der Waals surface area (Å²) in [6, 6.07) is 5.07. The van der Waals surface area contributed by atoms with E-state index in [1.165, 1.54) is 12.3 Å². The zero-order valence-corrected chi connectivity index (χ0v) is 18.1. The molecule has 1 aromatic carbocycles. The van der Waals surface area contributed by atoms with Crippen LogP contribution < -0.4 is 11.4 Å². The number of benzene rings is 1. The van der Waals surface area contributed by atoms with Crippen LogP contribution >= 0.6 is 11.8 Å². The average molecular weight is 443 g/mol. The van der Waals surface area contributed by atoms with Crippen molar-refractivity contribution in [1.29, 1.82) is 0 Å². The van der Waals surface area contributed by atoms with Crippen molar-refractivity contribution in [1.82, 2.24) is 9.97 Å². The van der Waals surface area contributed by atoms with Crippen molar-refractivity contribution in [2.75, 3.05) is 18.1 Å². The van der Waals surface area contributed by atoms with Crippen molar-refractivity contribution in [3.8, 4) is 0 Å². The first kappa shape index (κ1) is 22.3. The molecule has 3 aromatic rings. The summed E-state index contributed by atoms with van der Waals surface area (Å²) < 4.78 is 15.5. The predicted octanol–water partition coefficient (Wildman–Crippen LogP) is 2.79. The Kier molecular flexibility index (Phi) is 6.91. The van der Waals surface area contributed by atoms with E-state index in [-0.39, 0.29) is 35.5 Å². The molecule has 9 nitrogen and oxygen atoms in total. The number of aromatic nitrogens is 2. The van der Waals surface area contributed by atoms with Crippen LogP contribution in [-0.2, 0) is 20.9 Å². The average Bonchev–Trinajstić information content (AvgIpc) is 2.73. The molecule has 31 heavy (non-hydrogen) atoms. The molecule has 0 spiro atoms. The zero-order chi connectivity index (χ0) is 22.5. The van der Waals surface area contributed by atoms with E-state index in [2.05, 4.69) is 9.97 Å². The van der Waals surface area contributed by atoms with Crippen LogP contribution in [0, 0.1) is 13.8 Å². The number of thioether (sulfide) groups is 1. The van der Waals surface area contributed by atoms with Gasteiger partial charge in [-0.25, -0.2) is 19.6 Å². The molecule has 3 rings (SSSR count). The van der Waals surface area contributed by atoms with E-state index in [1.54, 1.807) is 6.92 Å². The van der Waals surface area contributed by atoms with Crippen molar-refractivity contribution < 1.29 is 23.5 Å². The molecule has 0 saturated heterocycles. The summed E-state index contributed by atoms with van der Waals surface area (Å²) in [5.74, 6) is -1.24. The Morgan fingerprint density at radius 3 is 2.71 bits per heavy atom. The minimum Gasteiger partial charge on any atom is -0.462 e. The lowest BCUT2D eigenvalue weighted by atomic mass is 10.0. The summed E-state index contributed by atoms with van der Waals surface area (Å²) >= 11 is 1.01. The van der Waals surface area contributed by atoms with Gasteiger partial charge in [0.25, 0.3) is 0 Å². The molecule has 0 radical (unpaired) electrons. The number of nitrogens with zero attached hydrogens (tertiary/aromatic N) is 2. The van der Waals surface area contributed by atoms with Gasteiger partial charge in [-0.2, -0.15) is 0 Å². The summed E-state index contributed by atoms with van der Waals surface area (Å²) in [5.41, 5.74) is 8.22. The van der Waals surface area contributed by atoms with Gasteiger partial charge in [-0.05, 0) is 31.9 Å². The quantitative estimate of drug-likeness (QED) is 0.251. The lowest BCUT2D eigenvalue weighted by molar-refractivity contribution is -0.141. The van der Waals surface area contributed by atoms with Crippen molar-refractivity contribution >= 4 is 40.5 Å². The number of anilines is 1. The molecule has 0 aliphatic carbocycles. The molecule has 0 fully saturated rings. The number of hydrogen-bond acceptors (Lipinski definition) is 10. The third-order valence-electron chi connectivity index (χ3n) is 4.52. The number of fused-ring (bicyclic) bond motifs is 1. The first-order valence-electron chi connectivity index (χ1n) is 9.41. The number of nitrogens with two attached hydrogens (primary N) is 1. The number of esters is 2. The van der Waals surface area contributed by atoms with E-state index in [4.69, 9.17) is 19.6 Å². The first-order chi connectivity index (χ1) is 14.8. The Morgan fingerprint density at radius 2 is 2.00 bits per heavy atom. The van der Waals surface area contributed by atoms with Crippen molar-refractivity contribution in [2.24, 2.45) is 0 Å². The maximum Gasteiger partial charge on any atom is 0.343 e. The normalized spacial score (nSPS) is 10.8. The number of hydrogen-bond donors (Lipinski definition) is 1. The van der Waals surface area contributed by atoms with Gasteiger partial charge >= 0.3 is 17.6 Å². The van der Waals surface area contributed by atoms with E-state index in [0.717, 1.165) is 22.9 Å². The van der Waals surface area contributed by atoms with Crippen LogP contribution in [0.15, 0.2) is 38.8 Å². The number of carbonyl (C=O) groups is 2. The summed E-state index contributed by atoms with van der Waals surface area (Å²) in [4.78, 5) is 43.8. The molecule has 2 aromatic heterocycles. The van der Waals surface area contributed by atoms with Gasteiger partial charge in [0.05, 0.1) is 12.4 Å². The molecule has 0 amide bonds. The van der Waals surface area contributed by atoms with Gasteiger partial charge in [0.15, 0.2) is 5.16 Å². The van der Waals surface area contributed by atoms with Gasteiger partial charge < -0.3 is 19.6 Å². The van der Waals surface area contributed by atoms with E-state index in [9.17, 15) is 14.4 Å². The SMILES string of the molecule is CCOC(=O)c1cnc(SCC(=O)OCc2cc(=O)oc3c(C)c(C)ccc23)nc1N. The largest absolute Gasteiger partial charge is 0.462 e. The Hall–Kier alpha value is -3.40. The fourth-order valence-electron chi connectivity index (χ4n) is 2.78. The molecule has 10 heteroatoms. The number of nitrogen functional groups attached to an aromatic ring is 1. The smallest absolute Gasteiger partial charge is 0.343 e. The van der Waals surface area contributed by atoms with E-state index in [1.807, 2.05) is 26.0 Å². The maximum atomic E-state index is 12.2. The Bertz CT molecular complexity index is 1210. The molecule has 0 atom stereocenters. The fourth-order valence-corrected chi connectivity index (χ4v) is 3.40. The lowest BCUT2D eigenvalue weighted by Crippen LogP contribution is -2.12. The van der Waals surface area contributed by atoms with E-state index >= 15 is 0 Å². The molecule has 0 saturated carbocycles. The van der Waals surface area contributed by atoms with Gasteiger partial charge in [-0.3, -0.25) is 4.79 Å². The molecule has 2 N–H and O–H groups in total. The van der Waals surface area contributed by atoms with Crippen LogP contribution in [0.25, 0.3) is 11.0 Å². The lowest BCUT2D eigenvalue weighted by Gasteiger charge is -2.10. The van der Waals surface area contributed by atoms with Crippen LogP contribution in [0.3, 0.4) is 0 Å². The minimum absolute atomic E-state index is 0.0301. The molecule has 0 aliphatic rings. The van der Waals surface area contributed by atoms with Gasteiger partial charge in [-0.15, -0.1) is 0 Å². The molecule has 0 aliphatic heterocycles. The second-order valence-corrected chi connectivity index (χ2v) is 7.54. The first-order valence-corrected chi connectivity index (χ1v) is 10.4. The fraction of sp³-hybridized carbons (Fsp3) is 0.286. The molecular weight excluding hydrogens is 422 g/mol. The molecule has 0 unspecified atom stereocenters. The Balaban J connectivity index is 1.64. The zero-order valence-electron chi connectivity index (χ0n) is 17.3. The topological polar surface area (TPSA) is 135 Å². The highest BCUT2D eigenvalue weighted by molar-refractivity contribution is 7.99. The van der Waals surface area contributed by atoms with Gasteiger partial charge in [0.1, 0.15) is 23.6 Å². The van der Waals surface area contributed by atoms with E-state index in [0.29, 0.717) is 16.5 Å². The third-order valence-corrected chi connectivity index (χ3v) is 5.35. The van der Waals surface area contributed by atoms with Crippen LogP contribution in [0.4, 0.5) is 5.82 Å². The molecule has 2 heterocycles. The Morgan fingerprint density at radius 1 is 1.23 bits per heavy atom. The predicted molar refractivity (Wildman–Crippen MR) is 115 cm³/mol. The highest BCUT2D eigenvalue weighted by Gasteiger charge is 2.15. The number of aryl methyl sites for hydroxylation is 2.